The molecular formula is C19H15Cl2F3N4S2. The first kappa shape index (κ1) is 21.7. The highest BCUT2D eigenvalue weighted by Crippen LogP contribution is 2.43. The third-order valence-electron chi connectivity index (χ3n) is 4.63. The maximum Gasteiger partial charge on any atom is 0.420 e. The lowest BCUT2D eigenvalue weighted by atomic mass is 10.0. The molecule has 4 rings (SSSR count). The quantitative estimate of drug-likeness (QED) is 0.401. The molecule has 0 saturated heterocycles. The van der Waals surface area contributed by atoms with E-state index in [4.69, 9.17) is 23.2 Å². The molecule has 158 valence electrons. The number of anilines is 2. The Hall–Kier alpha value is -1.52. The van der Waals surface area contributed by atoms with Crippen molar-refractivity contribution in [2.45, 2.75) is 24.0 Å². The molecule has 0 amide bonds. The number of rotatable bonds is 4. The molecule has 4 nitrogen and oxygen atoms in total. The zero-order valence-corrected chi connectivity index (χ0v) is 18.7. The van der Waals surface area contributed by atoms with E-state index in [0.29, 0.717) is 24.8 Å². The summed E-state index contributed by atoms with van der Waals surface area (Å²) in [7, 11) is 0. The zero-order valence-electron chi connectivity index (χ0n) is 15.5. The van der Waals surface area contributed by atoms with E-state index >= 15 is 0 Å². The first-order chi connectivity index (χ1) is 14.3. The van der Waals surface area contributed by atoms with Crippen LogP contribution in [0.15, 0.2) is 29.3 Å². The van der Waals surface area contributed by atoms with Crippen LogP contribution in [-0.4, -0.2) is 22.8 Å². The minimum atomic E-state index is -4.60. The van der Waals surface area contributed by atoms with Gasteiger partial charge in [-0.2, -0.15) is 13.2 Å². The lowest BCUT2D eigenvalue weighted by Gasteiger charge is -2.19. The predicted octanol–water partition coefficient (Wildman–Crippen LogP) is 6.64. The molecule has 0 atom stereocenters. The van der Waals surface area contributed by atoms with Crippen molar-refractivity contribution in [1.29, 1.82) is 0 Å². The highest BCUT2D eigenvalue weighted by Gasteiger charge is 2.36. The van der Waals surface area contributed by atoms with Crippen molar-refractivity contribution >= 4 is 57.9 Å². The smallest absolute Gasteiger partial charge is 0.323 e. The number of thioether (sulfide) groups is 1. The van der Waals surface area contributed by atoms with Gasteiger partial charge in [0.25, 0.3) is 0 Å². The second-order valence-electron chi connectivity index (χ2n) is 6.56. The topological polar surface area (TPSA) is 49.8 Å². The number of hydrogen-bond donors (Lipinski definition) is 2. The van der Waals surface area contributed by atoms with Crippen molar-refractivity contribution in [3.05, 3.63) is 50.4 Å². The van der Waals surface area contributed by atoms with E-state index in [1.165, 1.54) is 11.8 Å². The van der Waals surface area contributed by atoms with Crippen LogP contribution in [-0.2, 0) is 19.1 Å². The number of nitrogens with zero attached hydrogens (tertiary/aromatic N) is 2. The van der Waals surface area contributed by atoms with E-state index < -0.39 is 11.7 Å². The summed E-state index contributed by atoms with van der Waals surface area (Å²) in [5, 5.41) is 6.69. The van der Waals surface area contributed by atoms with Gasteiger partial charge in [0.05, 0.1) is 21.3 Å². The van der Waals surface area contributed by atoms with Gasteiger partial charge in [-0.25, -0.2) is 9.97 Å². The van der Waals surface area contributed by atoms with Gasteiger partial charge in [-0.15, -0.1) is 23.1 Å². The molecule has 2 aromatic heterocycles. The Kier molecular flexibility index (Phi) is 6.18. The van der Waals surface area contributed by atoms with Gasteiger partial charge in [-0.1, -0.05) is 23.2 Å². The standard InChI is InChI=1S/C19H15Cl2F3N4S2/c1-29-15-6-14(30-17(15)21)16-11(19(22,23)24)8-26-18(28-16)27-13-5-9-2-3-25-7-10(9)4-12(13)20/h4-6,8,25H,2-3,7H2,1H3,(H,26,27,28). The van der Waals surface area contributed by atoms with Crippen LogP contribution >= 0.6 is 46.3 Å². The zero-order chi connectivity index (χ0) is 21.5. The Bertz CT molecular complexity index is 1100. The van der Waals surface area contributed by atoms with Crippen LogP contribution in [0.2, 0.25) is 9.36 Å². The van der Waals surface area contributed by atoms with Crippen LogP contribution in [0.1, 0.15) is 16.7 Å². The molecule has 2 N–H and O–H groups in total. The summed E-state index contributed by atoms with van der Waals surface area (Å²) in [6, 6.07) is 5.35. The maximum absolute atomic E-state index is 13.6. The van der Waals surface area contributed by atoms with Gasteiger partial charge in [0.15, 0.2) is 0 Å². The minimum absolute atomic E-state index is 0.0315. The average Bonchev–Trinajstić information content (AvgIpc) is 3.08. The molecule has 1 aliphatic rings. The summed E-state index contributed by atoms with van der Waals surface area (Å²) in [6.45, 7) is 1.58. The molecule has 0 aliphatic carbocycles. The van der Waals surface area contributed by atoms with Crippen LogP contribution in [0.4, 0.5) is 24.8 Å². The number of hydrogen-bond acceptors (Lipinski definition) is 6. The summed E-state index contributed by atoms with van der Waals surface area (Å²) in [5.74, 6) is 0.0315. The molecule has 1 aliphatic heterocycles. The van der Waals surface area contributed by atoms with E-state index in [0.717, 1.165) is 48.2 Å². The van der Waals surface area contributed by atoms with E-state index in [1.807, 2.05) is 18.4 Å². The molecule has 0 saturated carbocycles. The number of nitrogens with one attached hydrogen (secondary N) is 2. The van der Waals surface area contributed by atoms with Gasteiger partial charge < -0.3 is 10.6 Å². The van der Waals surface area contributed by atoms with Gasteiger partial charge in [0, 0.05) is 17.6 Å². The Morgan fingerprint density at radius 2 is 2.00 bits per heavy atom. The highest BCUT2D eigenvalue weighted by atomic mass is 35.5. The van der Waals surface area contributed by atoms with Crippen molar-refractivity contribution in [2.24, 2.45) is 0 Å². The molecule has 3 aromatic rings. The van der Waals surface area contributed by atoms with Crippen molar-refractivity contribution in [2.75, 3.05) is 18.1 Å². The lowest BCUT2D eigenvalue weighted by molar-refractivity contribution is -0.137. The molecule has 11 heteroatoms. The van der Waals surface area contributed by atoms with Crippen molar-refractivity contribution in [3.63, 3.8) is 0 Å². The molecule has 1 aromatic carbocycles. The molecule has 30 heavy (non-hydrogen) atoms. The molecule has 3 heterocycles. The molecule has 0 radical (unpaired) electrons. The SMILES string of the molecule is CSc1cc(-c2nc(Nc3cc4c(cc3Cl)CNCC4)ncc2C(F)(F)F)sc1Cl. The molecule has 0 spiro atoms. The Morgan fingerprint density at radius 1 is 1.20 bits per heavy atom. The third kappa shape index (κ3) is 4.40. The van der Waals surface area contributed by atoms with Crippen molar-refractivity contribution in [3.8, 4) is 10.6 Å². The predicted molar refractivity (Wildman–Crippen MR) is 117 cm³/mol. The summed E-state index contributed by atoms with van der Waals surface area (Å²) in [6.07, 6.45) is -1.16. The Morgan fingerprint density at radius 3 is 2.70 bits per heavy atom. The average molecular weight is 491 g/mol. The van der Waals surface area contributed by atoms with Crippen LogP contribution in [0.3, 0.4) is 0 Å². The monoisotopic (exact) mass is 490 g/mol. The Balaban J connectivity index is 1.75. The van der Waals surface area contributed by atoms with Crippen molar-refractivity contribution < 1.29 is 13.2 Å². The van der Waals surface area contributed by atoms with Gasteiger partial charge in [0.1, 0.15) is 9.90 Å². The van der Waals surface area contributed by atoms with E-state index in [2.05, 4.69) is 20.6 Å². The fourth-order valence-electron chi connectivity index (χ4n) is 3.16. The van der Waals surface area contributed by atoms with E-state index in [1.54, 1.807) is 6.07 Å². The summed E-state index contributed by atoms with van der Waals surface area (Å²) in [5.41, 5.74) is 1.65. The van der Waals surface area contributed by atoms with Crippen molar-refractivity contribution in [1.82, 2.24) is 15.3 Å². The largest absolute Gasteiger partial charge is 0.420 e. The molecule has 0 bridgehead atoms. The number of benzene rings is 1. The lowest BCUT2D eigenvalue weighted by Crippen LogP contribution is -2.23. The number of alkyl halides is 3. The van der Waals surface area contributed by atoms with Crippen LogP contribution in [0.25, 0.3) is 10.6 Å². The van der Waals surface area contributed by atoms with Gasteiger partial charge >= 0.3 is 6.18 Å². The van der Waals surface area contributed by atoms with E-state index in [9.17, 15) is 13.2 Å². The summed E-state index contributed by atoms with van der Waals surface area (Å²) < 4.78 is 41.1. The Labute approximate surface area is 189 Å². The van der Waals surface area contributed by atoms with Crippen LogP contribution in [0, 0.1) is 0 Å². The number of fused-ring (bicyclic) bond motifs is 1. The first-order valence-corrected chi connectivity index (χ1v) is 11.6. The number of halogens is 5. The summed E-state index contributed by atoms with van der Waals surface area (Å²) >= 11 is 14.9. The fourth-order valence-corrected chi connectivity index (χ4v) is 5.56. The van der Waals surface area contributed by atoms with Crippen LogP contribution < -0.4 is 10.6 Å². The maximum atomic E-state index is 13.6. The minimum Gasteiger partial charge on any atom is -0.323 e. The first-order valence-electron chi connectivity index (χ1n) is 8.83. The van der Waals surface area contributed by atoms with Gasteiger partial charge in [0.2, 0.25) is 5.95 Å². The second-order valence-corrected chi connectivity index (χ2v) is 9.47. The number of aromatic nitrogens is 2. The fraction of sp³-hybridized carbons (Fsp3) is 0.263. The van der Waals surface area contributed by atoms with Crippen LogP contribution in [0.5, 0.6) is 0 Å². The van der Waals surface area contributed by atoms with Gasteiger partial charge in [-0.3, -0.25) is 0 Å². The summed E-state index contributed by atoms with van der Waals surface area (Å²) in [4.78, 5) is 9.08. The molecular weight excluding hydrogens is 476 g/mol. The molecule has 0 fully saturated rings. The normalized spacial score (nSPS) is 13.9. The highest BCUT2D eigenvalue weighted by molar-refractivity contribution is 7.98. The second kappa shape index (κ2) is 8.55. The molecule has 0 unspecified atom stereocenters. The number of thiophene rings is 1. The third-order valence-corrected chi connectivity index (χ3v) is 7.31. The van der Waals surface area contributed by atoms with Gasteiger partial charge in [-0.05, 0) is 48.5 Å². The van der Waals surface area contributed by atoms with E-state index in [-0.39, 0.29) is 11.6 Å².